The Balaban J connectivity index is 2.09. The number of rotatable bonds is 2. The lowest BCUT2D eigenvalue weighted by molar-refractivity contribution is -0.0721. The lowest BCUT2D eigenvalue weighted by Gasteiger charge is -2.39. The molecular weight excluding hydrogens is 240 g/mol. The summed E-state index contributed by atoms with van der Waals surface area (Å²) in [7, 11) is 3.78. The molecule has 0 aliphatic carbocycles. The molecule has 17 heavy (non-hydrogen) atoms. The average molecular weight is 258 g/mol. The Bertz CT molecular complexity index is 393. The number of nitrogens with zero attached hydrogens (tertiary/aromatic N) is 4. The Kier molecular flexibility index (Phi) is 3.24. The first kappa shape index (κ1) is 12.5. The Morgan fingerprint density at radius 1 is 1.53 bits per heavy atom. The summed E-state index contributed by atoms with van der Waals surface area (Å²) in [6, 6.07) is 0. The van der Waals surface area contributed by atoms with E-state index in [1.165, 1.54) is 11.5 Å². The van der Waals surface area contributed by atoms with E-state index in [-0.39, 0.29) is 0 Å². The normalized spacial score (nSPS) is 29.5. The van der Waals surface area contributed by atoms with Crippen LogP contribution in [0.2, 0.25) is 0 Å². The number of β-amino-alcohol motifs (C(OH)–C–C–N with tert-alkyl or cyclic N) is 1. The van der Waals surface area contributed by atoms with E-state index in [1.54, 1.807) is 6.92 Å². The summed E-state index contributed by atoms with van der Waals surface area (Å²) in [6.07, 6.45) is -0.214. The molecule has 0 spiro atoms. The van der Waals surface area contributed by atoms with E-state index in [0.717, 1.165) is 5.13 Å². The lowest BCUT2D eigenvalue weighted by Crippen LogP contribution is -2.53. The summed E-state index contributed by atoms with van der Waals surface area (Å²) >= 11 is 1.32. The van der Waals surface area contributed by atoms with Crippen molar-refractivity contribution >= 4 is 22.6 Å². The van der Waals surface area contributed by atoms with E-state index < -0.39 is 11.7 Å². The van der Waals surface area contributed by atoms with Gasteiger partial charge in [0.15, 0.2) is 0 Å². The molecule has 1 aliphatic heterocycles. The van der Waals surface area contributed by atoms with Gasteiger partial charge in [-0.25, -0.2) is 0 Å². The van der Waals surface area contributed by atoms with Crippen molar-refractivity contribution in [2.75, 3.05) is 37.0 Å². The van der Waals surface area contributed by atoms with Crippen molar-refractivity contribution in [2.24, 2.45) is 0 Å². The molecule has 0 aromatic carbocycles. The van der Waals surface area contributed by atoms with Crippen molar-refractivity contribution in [3.63, 3.8) is 0 Å². The maximum Gasteiger partial charge on any atom is 0.238 e. The van der Waals surface area contributed by atoms with Gasteiger partial charge in [-0.3, -0.25) is 0 Å². The van der Waals surface area contributed by atoms with Gasteiger partial charge in [-0.15, -0.1) is 0 Å². The maximum atomic E-state index is 9.88. The van der Waals surface area contributed by atoms with Crippen LogP contribution in [0.4, 0.5) is 11.1 Å². The highest BCUT2D eigenvalue weighted by molar-refractivity contribution is 7.09. The van der Waals surface area contributed by atoms with Crippen LogP contribution in [-0.2, 0) is 0 Å². The highest BCUT2D eigenvalue weighted by atomic mass is 32.1. The van der Waals surface area contributed by atoms with Gasteiger partial charge in [0.25, 0.3) is 0 Å². The summed E-state index contributed by atoms with van der Waals surface area (Å²) in [5, 5.41) is 20.5. The third-order valence-corrected chi connectivity index (χ3v) is 3.84. The summed E-state index contributed by atoms with van der Waals surface area (Å²) in [4.78, 5) is 8.19. The minimum Gasteiger partial charge on any atom is -0.388 e. The van der Waals surface area contributed by atoms with Gasteiger partial charge in [-0.05, 0) is 13.3 Å². The summed E-state index contributed by atoms with van der Waals surface area (Å²) in [6.45, 7) is 2.75. The zero-order valence-electron chi connectivity index (χ0n) is 10.3. The van der Waals surface area contributed by atoms with Gasteiger partial charge in [0.05, 0.1) is 11.7 Å². The van der Waals surface area contributed by atoms with Crippen LogP contribution in [0, 0.1) is 0 Å². The molecule has 0 bridgehead atoms. The predicted molar refractivity (Wildman–Crippen MR) is 67.7 cm³/mol. The molecular formula is C10H18N4O2S. The highest BCUT2D eigenvalue weighted by Gasteiger charge is 2.37. The van der Waals surface area contributed by atoms with E-state index in [2.05, 4.69) is 9.36 Å². The summed E-state index contributed by atoms with van der Waals surface area (Å²) < 4.78 is 4.22. The molecule has 1 fully saturated rings. The fourth-order valence-electron chi connectivity index (χ4n) is 1.72. The largest absolute Gasteiger partial charge is 0.388 e. The molecule has 2 atom stereocenters. The second kappa shape index (κ2) is 4.40. The molecule has 6 nitrogen and oxygen atoms in total. The van der Waals surface area contributed by atoms with Crippen LogP contribution in [0.1, 0.15) is 13.3 Å². The van der Waals surface area contributed by atoms with Crippen LogP contribution < -0.4 is 9.80 Å². The van der Waals surface area contributed by atoms with Gasteiger partial charge < -0.3 is 20.0 Å². The Morgan fingerprint density at radius 2 is 2.24 bits per heavy atom. The monoisotopic (exact) mass is 258 g/mol. The van der Waals surface area contributed by atoms with Crippen molar-refractivity contribution < 1.29 is 10.2 Å². The maximum absolute atomic E-state index is 9.88. The SMILES string of the molecule is CN(C)c1nsc(N2CC[C@](C)(O)[C@@H](O)C2)n1. The van der Waals surface area contributed by atoms with E-state index in [9.17, 15) is 10.2 Å². The highest BCUT2D eigenvalue weighted by Crippen LogP contribution is 2.28. The molecule has 1 aromatic rings. The van der Waals surface area contributed by atoms with Gasteiger partial charge in [0.2, 0.25) is 11.1 Å². The topological polar surface area (TPSA) is 72.7 Å². The molecule has 2 rings (SSSR count). The number of anilines is 2. The van der Waals surface area contributed by atoms with Crippen molar-refractivity contribution in [2.45, 2.75) is 25.0 Å². The van der Waals surface area contributed by atoms with Gasteiger partial charge in [-0.1, -0.05) is 0 Å². The van der Waals surface area contributed by atoms with Crippen molar-refractivity contribution in [3.05, 3.63) is 0 Å². The summed E-state index contributed by atoms with van der Waals surface area (Å²) in [5.41, 5.74) is -0.994. The van der Waals surface area contributed by atoms with Crippen molar-refractivity contribution in [3.8, 4) is 0 Å². The molecule has 0 radical (unpaired) electrons. The second-order valence-corrected chi connectivity index (χ2v) is 5.57. The third kappa shape index (κ3) is 2.51. The average Bonchev–Trinajstić information content (AvgIpc) is 2.71. The first-order chi connectivity index (χ1) is 7.90. The minimum absolute atomic E-state index is 0.398. The van der Waals surface area contributed by atoms with Gasteiger partial charge in [0, 0.05) is 38.7 Å². The minimum atomic E-state index is -0.994. The molecule has 7 heteroatoms. The number of hydrogen-bond acceptors (Lipinski definition) is 7. The van der Waals surface area contributed by atoms with E-state index in [4.69, 9.17) is 0 Å². The number of aromatic nitrogens is 2. The quantitative estimate of drug-likeness (QED) is 0.773. The first-order valence-electron chi connectivity index (χ1n) is 5.56. The zero-order chi connectivity index (χ0) is 12.6. The van der Waals surface area contributed by atoms with Gasteiger partial charge in [0.1, 0.15) is 0 Å². The van der Waals surface area contributed by atoms with Crippen LogP contribution in [0.25, 0.3) is 0 Å². The Labute approximate surface area is 105 Å². The van der Waals surface area contributed by atoms with Gasteiger partial charge in [-0.2, -0.15) is 9.36 Å². The standard InChI is InChI=1S/C10H18N4O2S/c1-10(16)4-5-14(6-7(10)15)9-11-8(12-17-9)13(2)3/h7,15-16H,4-6H2,1-3H3/t7-,10-/m0/s1. The van der Waals surface area contributed by atoms with Crippen LogP contribution in [0.3, 0.4) is 0 Å². The van der Waals surface area contributed by atoms with Crippen molar-refractivity contribution in [1.82, 2.24) is 9.36 Å². The third-order valence-electron chi connectivity index (χ3n) is 3.07. The lowest BCUT2D eigenvalue weighted by atomic mass is 9.91. The fraction of sp³-hybridized carbons (Fsp3) is 0.800. The van der Waals surface area contributed by atoms with Gasteiger partial charge >= 0.3 is 0 Å². The fourth-order valence-corrected chi connectivity index (χ4v) is 2.49. The zero-order valence-corrected chi connectivity index (χ0v) is 11.1. The number of piperidine rings is 1. The molecule has 0 amide bonds. The summed E-state index contributed by atoms with van der Waals surface area (Å²) in [5.74, 6) is 0.678. The van der Waals surface area contributed by atoms with E-state index in [1.807, 2.05) is 23.9 Å². The van der Waals surface area contributed by atoms with Crippen LogP contribution >= 0.6 is 11.5 Å². The Hall–Kier alpha value is -0.920. The number of aliphatic hydroxyl groups excluding tert-OH is 1. The van der Waals surface area contributed by atoms with Crippen molar-refractivity contribution in [1.29, 1.82) is 0 Å². The van der Waals surface area contributed by atoms with E-state index in [0.29, 0.717) is 25.5 Å². The molecule has 0 saturated carbocycles. The number of aliphatic hydroxyl groups is 2. The molecule has 2 N–H and O–H groups in total. The molecule has 96 valence electrons. The molecule has 1 saturated heterocycles. The molecule has 1 aliphatic rings. The molecule has 0 unspecified atom stereocenters. The Morgan fingerprint density at radius 3 is 2.76 bits per heavy atom. The molecule has 2 heterocycles. The smallest absolute Gasteiger partial charge is 0.238 e. The van der Waals surface area contributed by atoms with Crippen LogP contribution in [0.5, 0.6) is 0 Å². The predicted octanol–water partition coefficient (Wildman–Crippen LogP) is -0.0739. The van der Waals surface area contributed by atoms with Crippen LogP contribution in [0.15, 0.2) is 0 Å². The molecule has 1 aromatic heterocycles. The van der Waals surface area contributed by atoms with Crippen LogP contribution in [-0.4, -0.2) is 58.5 Å². The number of hydrogen-bond donors (Lipinski definition) is 2. The second-order valence-electron chi connectivity index (χ2n) is 4.84. The first-order valence-corrected chi connectivity index (χ1v) is 6.34. The van der Waals surface area contributed by atoms with E-state index >= 15 is 0 Å².